The Balaban J connectivity index is 2.48. The zero-order valence-corrected chi connectivity index (χ0v) is 24.2. The van der Waals surface area contributed by atoms with Crippen molar-refractivity contribution in [3.05, 3.63) is 71.3 Å². The van der Waals surface area contributed by atoms with Crippen molar-refractivity contribution in [2.24, 2.45) is 5.92 Å². The van der Waals surface area contributed by atoms with Crippen molar-refractivity contribution in [2.75, 3.05) is 0 Å². The molecule has 0 saturated heterocycles. The van der Waals surface area contributed by atoms with E-state index in [9.17, 15) is 14.4 Å². The van der Waals surface area contributed by atoms with Gasteiger partial charge in [0.1, 0.15) is 17.7 Å². The minimum Gasteiger partial charge on any atom is -0.444 e. The molecule has 0 fully saturated rings. The molecule has 2 aromatic rings. The quantitative estimate of drug-likeness (QED) is 0.383. The van der Waals surface area contributed by atoms with Crippen molar-refractivity contribution in [3.8, 4) is 0 Å². The highest BCUT2D eigenvalue weighted by atomic mass is 16.6. The summed E-state index contributed by atoms with van der Waals surface area (Å²) in [4.78, 5) is 42.4. The third-order valence-electron chi connectivity index (χ3n) is 6.25. The van der Waals surface area contributed by atoms with Gasteiger partial charge in [-0.2, -0.15) is 0 Å². The number of benzene rings is 2. The third-order valence-corrected chi connectivity index (χ3v) is 6.25. The second kappa shape index (κ2) is 14.0. The van der Waals surface area contributed by atoms with Gasteiger partial charge in [-0.1, -0.05) is 80.9 Å². The van der Waals surface area contributed by atoms with Crippen LogP contribution in [0.2, 0.25) is 0 Å². The summed E-state index contributed by atoms with van der Waals surface area (Å²) in [7, 11) is 0. The Morgan fingerprint density at radius 1 is 0.947 bits per heavy atom. The molecule has 2 aromatic carbocycles. The SMILES string of the molecule is CCC(C)N(C(=O)C(CC(C)C)NC(=O)OC(C)(C)C)C(C(=O)NCc1ccccc1)c1ccc(C)cc1. The summed E-state index contributed by atoms with van der Waals surface area (Å²) in [5, 5.41) is 5.83. The smallest absolute Gasteiger partial charge is 0.408 e. The van der Waals surface area contributed by atoms with E-state index in [0.717, 1.165) is 16.7 Å². The first-order valence-corrected chi connectivity index (χ1v) is 13.5. The first-order chi connectivity index (χ1) is 17.8. The molecule has 2 rings (SSSR count). The summed E-state index contributed by atoms with van der Waals surface area (Å²) >= 11 is 0. The fourth-order valence-corrected chi connectivity index (χ4v) is 4.19. The van der Waals surface area contributed by atoms with Gasteiger partial charge in [0, 0.05) is 12.6 Å². The fourth-order valence-electron chi connectivity index (χ4n) is 4.19. The zero-order chi connectivity index (χ0) is 28.5. The molecule has 7 nitrogen and oxygen atoms in total. The predicted octanol–water partition coefficient (Wildman–Crippen LogP) is 5.92. The van der Waals surface area contributed by atoms with Crippen molar-refractivity contribution in [2.45, 2.75) is 98.5 Å². The highest BCUT2D eigenvalue weighted by Gasteiger charge is 2.38. The minimum atomic E-state index is -0.864. The maximum atomic E-state index is 14.2. The van der Waals surface area contributed by atoms with Gasteiger partial charge in [-0.25, -0.2) is 4.79 Å². The van der Waals surface area contributed by atoms with Gasteiger partial charge in [0.2, 0.25) is 11.8 Å². The van der Waals surface area contributed by atoms with Crippen molar-refractivity contribution in [3.63, 3.8) is 0 Å². The fraction of sp³-hybridized carbons (Fsp3) is 0.516. The average molecular weight is 524 g/mol. The van der Waals surface area contributed by atoms with Crippen molar-refractivity contribution in [1.82, 2.24) is 15.5 Å². The molecule has 0 aliphatic heterocycles. The maximum absolute atomic E-state index is 14.2. The lowest BCUT2D eigenvalue weighted by Crippen LogP contribution is -2.55. The number of rotatable bonds is 11. The summed E-state index contributed by atoms with van der Waals surface area (Å²) in [6, 6.07) is 15.4. The summed E-state index contributed by atoms with van der Waals surface area (Å²) in [5.74, 6) is -0.450. The highest BCUT2D eigenvalue weighted by Crippen LogP contribution is 2.27. The first-order valence-electron chi connectivity index (χ1n) is 13.5. The molecule has 208 valence electrons. The monoisotopic (exact) mass is 523 g/mol. The van der Waals surface area contributed by atoms with Crippen molar-refractivity contribution < 1.29 is 19.1 Å². The lowest BCUT2D eigenvalue weighted by Gasteiger charge is -2.38. The summed E-state index contributed by atoms with van der Waals surface area (Å²) in [5.41, 5.74) is 2.04. The number of hydrogen-bond donors (Lipinski definition) is 2. The standard InChI is InChI=1S/C31H45N3O4/c1-9-23(5)34(29(36)26(19-21(2)3)33-30(37)38-31(6,7)8)27(25-17-15-22(4)16-18-25)28(35)32-20-24-13-11-10-12-14-24/h10-18,21,23,26-27H,9,19-20H2,1-8H3,(H,32,35)(H,33,37). The molecule has 3 atom stereocenters. The lowest BCUT2D eigenvalue weighted by molar-refractivity contribution is -0.145. The number of nitrogens with zero attached hydrogens (tertiary/aromatic N) is 1. The van der Waals surface area contributed by atoms with E-state index in [-0.39, 0.29) is 23.8 Å². The van der Waals surface area contributed by atoms with Crippen LogP contribution in [0.5, 0.6) is 0 Å². The van der Waals surface area contributed by atoms with E-state index in [2.05, 4.69) is 10.6 Å². The second-order valence-corrected chi connectivity index (χ2v) is 11.3. The number of hydrogen-bond acceptors (Lipinski definition) is 4. The van der Waals surface area contributed by atoms with Crippen molar-refractivity contribution in [1.29, 1.82) is 0 Å². The number of ether oxygens (including phenoxy) is 1. The third kappa shape index (κ3) is 9.51. The average Bonchev–Trinajstić information content (AvgIpc) is 2.84. The molecule has 2 N–H and O–H groups in total. The topological polar surface area (TPSA) is 87.7 Å². The van der Waals surface area contributed by atoms with Gasteiger partial charge in [-0.05, 0) is 64.5 Å². The molecule has 0 bridgehead atoms. The van der Waals surface area contributed by atoms with Crippen LogP contribution in [0, 0.1) is 12.8 Å². The molecule has 0 radical (unpaired) electrons. The number of amides is 3. The molecule has 0 spiro atoms. The molecular formula is C31H45N3O4. The Morgan fingerprint density at radius 2 is 1.55 bits per heavy atom. The van der Waals surface area contributed by atoms with Crippen LogP contribution in [0.1, 0.15) is 84.0 Å². The van der Waals surface area contributed by atoms with Crippen LogP contribution in [-0.4, -0.2) is 40.5 Å². The van der Waals surface area contributed by atoms with Crippen LogP contribution < -0.4 is 10.6 Å². The van der Waals surface area contributed by atoms with Crippen LogP contribution in [0.25, 0.3) is 0 Å². The second-order valence-electron chi connectivity index (χ2n) is 11.3. The maximum Gasteiger partial charge on any atom is 0.408 e. The molecule has 7 heteroatoms. The van der Waals surface area contributed by atoms with E-state index in [4.69, 9.17) is 4.74 Å². The van der Waals surface area contributed by atoms with Gasteiger partial charge in [-0.15, -0.1) is 0 Å². The van der Waals surface area contributed by atoms with Crippen LogP contribution in [0.3, 0.4) is 0 Å². The normalized spacial score (nSPS) is 13.8. The van der Waals surface area contributed by atoms with Crippen LogP contribution >= 0.6 is 0 Å². The van der Waals surface area contributed by atoms with Crippen LogP contribution in [0.15, 0.2) is 54.6 Å². The molecule has 38 heavy (non-hydrogen) atoms. The summed E-state index contributed by atoms with van der Waals surface area (Å²) in [6.45, 7) is 15.6. The van der Waals surface area contributed by atoms with E-state index in [1.54, 1.807) is 25.7 Å². The van der Waals surface area contributed by atoms with E-state index < -0.39 is 23.8 Å². The number of carbonyl (C=O) groups excluding carboxylic acids is 3. The molecule has 0 heterocycles. The Hall–Kier alpha value is -3.35. The lowest BCUT2D eigenvalue weighted by atomic mass is 9.96. The summed E-state index contributed by atoms with van der Waals surface area (Å²) < 4.78 is 5.46. The van der Waals surface area contributed by atoms with Gasteiger partial charge >= 0.3 is 6.09 Å². The van der Waals surface area contributed by atoms with Crippen LogP contribution in [-0.2, 0) is 20.9 Å². The van der Waals surface area contributed by atoms with Crippen LogP contribution in [0.4, 0.5) is 4.79 Å². The van der Waals surface area contributed by atoms with E-state index in [0.29, 0.717) is 19.4 Å². The van der Waals surface area contributed by atoms with Gasteiger partial charge in [-0.3, -0.25) is 9.59 Å². The number of aryl methyl sites for hydroxylation is 1. The van der Waals surface area contributed by atoms with Crippen molar-refractivity contribution >= 4 is 17.9 Å². The van der Waals surface area contributed by atoms with Gasteiger partial charge < -0.3 is 20.3 Å². The van der Waals surface area contributed by atoms with E-state index >= 15 is 0 Å². The highest BCUT2D eigenvalue weighted by molar-refractivity contribution is 5.92. The minimum absolute atomic E-state index is 0.127. The Bertz CT molecular complexity index is 1050. The van der Waals surface area contributed by atoms with E-state index in [1.165, 1.54) is 0 Å². The zero-order valence-electron chi connectivity index (χ0n) is 24.2. The Labute approximate surface area is 228 Å². The number of alkyl carbamates (subject to hydrolysis) is 1. The molecule has 0 aliphatic rings. The molecular weight excluding hydrogens is 478 g/mol. The van der Waals surface area contributed by atoms with Gasteiger partial charge in [0.15, 0.2) is 0 Å². The van der Waals surface area contributed by atoms with E-state index in [1.807, 2.05) is 89.2 Å². The molecule has 0 aliphatic carbocycles. The Kier molecular flexibility index (Phi) is 11.4. The first kappa shape index (κ1) is 30.9. The predicted molar refractivity (Wildman–Crippen MR) is 151 cm³/mol. The molecule has 3 amide bonds. The molecule has 0 saturated carbocycles. The molecule has 0 aromatic heterocycles. The Morgan fingerprint density at radius 3 is 2.08 bits per heavy atom. The molecule has 3 unspecified atom stereocenters. The van der Waals surface area contributed by atoms with Gasteiger partial charge in [0.25, 0.3) is 0 Å². The van der Waals surface area contributed by atoms with Gasteiger partial charge in [0.05, 0.1) is 0 Å². The largest absolute Gasteiger partial charge is 0.444 e. The number of carbonyl (C=O) groups is 3. The number of nitrogens with one attached hydrogen (secondary N) is 2. The summed E-state index contributed by atoms with van der Waals surface area (Å²) in [6.07, 6.45) is 0.402.